The van der Waals surface area contributed by atoms with Crippen LogP contribution in [0.15, 0.2) is 47.5 Å². The van der Waals surface area contributed by atoms with Crippen molar-refractivity contribution in [3.8, 4) is 5.75 Å². The van der Waals surface area contributed by atoms with E-state index in [0.717, 1.165) is 17.3 Å². The van der Waals surface area contributed by atoms with Crippen molar-refractivity contribution in [2.45, 2.75) is 26.9 Å². The van der Waals surface area contributed by atoms with E-state index < -0.39 is 0 Å². The van der Waals surface area contributed by atoms with Crippen LogP contribution in [-0.2, 0) is 17.8 Å². The largest absolute Gasteiger partial charge is 0.491 e. The van der Waals surface area contributed by atoms with Crippen LogP contribution in [0.4, 0.5) is 5.69 Å². The highest BCUT2D eigenvalue weighted by Crippen LogP contribution is 2.20. The summed E-state index contributed by atoms with van der Waals surface area (Å²) in [6, 6.07) is 14.7. The number of nitrogens with one attached hydrogen (secondary N) is 2. The lowest BCUT2D eigenvalue weighted by Crippen LogP contribution is -2.36. The minimum atomic E-state index is 0.542. The van der Waals surface area contributed by atoms with Gasteiger partial charge in [-0.2, -0.15) is 0 Å². The Kier molecular flexibility index (Phi) is 9.31. The van der Waals surface area contributed by atoms with Crippen LogP contribution in [0.25, 0.3) is 0 Å². The van der Waals surface area contributed by atoms with E-state index in [0.29, 0.717) is 32.9 Å². The predicted molar refractivity (Wildman–Crippen MR) is 121 cm³/mol. The van der Waals surface area contributed by atoms with E-state index in [1.54, 1.807) is 7.05 Å². The molecule has 0 saturated heterocycles. The molecule has 158 valence electrons. The monoisotopic (exact) mass is 398 g/mol. The number of rotatable bonds is 10. The number of benzene rings is 2. The average molecular weight is 399 g/mol. The van der Waals surface area contributed by atoms with E-state index in [-0.39, 0.29) is 0 Å². The first kappa shape index (κ1) is 22.6. The molecule has 6 nitrogen and oxygen atoms in total. The summed E-state index contributed by atoms with van der Waals surface area (Å²) in [4.78, 5) is 6.41. The standard InChI is InChI=1S/C23H34N4O2/c1-6-28-13-14-29-22-15-18(2)7-10-20(22)17-26-23(24-3)25-16-19-8-11-21(12-9-19)27(4)5/h7-12,15H,6,13-14,16-17H2,1-5H3,(H2,24,25,26). The van der Waals surface area contributed by atoms with Crippen LogP contribution in [0, 0.1) is 6.92 Å². The van der Waals surface area contributed by atoms with Crippen molar-refractivity contribution >= 4 is 11.6 Å². The van der Waals surface area contributed by atoms with Crippen molar-refractivity contribution < 1.29 is 9.47 Å². The highest BCUT2D eigenvalue weighted by atomic mass is 16.5. The first-order valence-corrected chi connectivity index (χ1v) is 10.0. The van der Waals surface area contributed by atoms with Gasteiger partial charge in [0.05, 0.1) is 6.61 Å². The van der Waals surface area contributed by atoms with Gasteiger partial charge in [-0.15, -0.1) is 0 Å². The molecule has 0 heterocycles. The van der Waals surface area contributed by atoms with Crippen LogP contribution >= 0.6 is 0 Å². The smallest absolute Gasteiger partial charge is 0.191 e. The molecule has 29 heavy (non-hydrogen) atoms. The molecule has 0 aliphatic carbocycles. The summed E-state index contributed by atoms with van der Waals surface area (Å²) in [6.07, 6.45) is 0. The van der Waals surface area contributed by atoms with Crippen LogP contribution < -0.4 is 20.3 Å². The summed E-state index contributed by atoms with van der Waals surface area (Å²) >= 11 is 0. The highest BCUT2D eigenvalue weighted by molar-refractivity contribution is 5.79. The molecular formula is C23H34N4O2. The van der Waals surface area contributed by atoms with Gasteiger partial charge in [0.2, 0.25) is 0 Å². The third-order valence-electron chi connectivity index (χ3n) is 4.49. The topological polar surface area (TPSA) is 58.1 Å². The molecule has 0 amide bonds. The van der Waals surface area contributed by atoms with Crippen LogP contribution in [0.3, 0.4) is 0 Å². The van der Waals surface area contributed by atoms with Gasteiger partial charge in [-0.1, -0.05) is 24.3 Å². The summed E-state index contributed by atoms with van der Waals surface area (Å²) in [7, 11) is 5.86. The maximum absolute atomic E-state index is 5.92. The molecule has 2 N–H and O–H groups in total. The number of guanidine groups is 1. The van der Waals surface area contributed by atoms with E-state index in [4.69, 9.17) is 9.47 Å². The van der Waals surface area contributed by atoms with Crippen LogP contribution in [0.2, 0.25) is 0 Å². The molecule has 0 atom stereocenters. The van der Waals surface area contributed by atoms with E-state index in [2.05, 4.69) is 69.9 Å². The van der Waals surface area contributed by atoms with Gasteiger partial charge in [-0.05, 0) is 43.2 Å². The zero-order chi connectivity index (χ0) is 21.1. The molecule has 0 aliphatic heterocycles. The Morgan fingerprint density at radius 1 is 1.00 bits per heavy atom. The zero-order valence-electron chi connectivity index (χ0n) is 18.3. The second kappa shape index (κ2) is 12.0. The van der Waals surface area contributed by atoms with Crippen molar-refractivity contribution in [2.75, 3.05) is 45.9 Å². The summed E-state index contributed by atoms with van der Waals surface area (Å²) in [5.41, 5.74) is 4.65. The van der Waals surface area contributed by atoms with Crippen LogP contribution in [0.5, 0.6) is 5.75 Å². The number of ether oxygens (including phenoxy) is 2. The Morgan fingerprint density at radius 3 is 2.38 bits per heavy atom. The second-order valence-electron chi connectivity index (χ2n) is 7.00. The van der Waals surface area contributed by atoms with Crippen molar-refractivity contribution in [3.05, 3.63) is 59.2 Å². The zero-order valence-corrected chi connectivity index (χ0v) is 18.3. The molecule has 0 aromatic heterocycles. The third kappa shape index (κ3) is 7.66. The molecule has 0 bridgehead atoms. The molecule has 2 rings (SSSR count). The number of aliphatic imine (C=N–C) groups is 1. The molecule has 2 aromatic carbocycles. The van der Waals surface area contributed by atoms with Crippen molar-refractivity contribution in [1.82, 2.24) is 10.6 Å². The summed E-state index contributed by atoms with van der Waals surface area (Å²) in [5.74, 6) is 1.63. The minimum Gasteiger partial charge on any atom is -0.491 e. The fraction of sp³-hybridized carbons (Fsp3) is 0.435. The summed E-state index contributed by atoms with van der Waals surface area (Å²) in [5, 5.41) is 6.73. The molecule has 0 fully saturated rings. The number of aryl methyl sites for hydroxylation is 1. The number of hydrogen-bond acceptors (Lipinski definition) is 4. The van der Waals surface area contributed by atoms with Crippen molar-refractivity contribution in [2.24, 2.45) is 4.99 Å². The predicted octanol–water partition coefficient (Wildman–Crippen LogP) is 3.34. The molecular weight excluding hydrogens is 364 g/mol. The lowest BCUT2D eigenvalue weighted by atomic mass is 10.1. The molecule has 0 spiro atoms. The lowest BCUT2D eigenvalue weighted by molar-refractivity contribution is 0.110. The van der Waals surface area contributed by atoms with Gasteiger partial charge < -0.3 is 25.0 Å². The summed E-state index contributed by atoms with van der Waals surface area (Å²) in [6.45, 7) is 7.22. The number of anilines is 1. The Balaban J connectivity index is 1.89. The van der Waals surface area contributed by atoms with Gasteiger partial charge in [-0.25, -0.2) is 0 Å². The summed E-state index contributed by atoms with van der Waals surface area (Å²) < 4.78 is 11.3. The quantitative estimate of drug-likeness (QED) is 0.365. The van der Waals surface area contributed by atoms with E-state index >= 15 is 0 Å². The fourth-order valence-corrected chi connectivity index (χ4v) is 2.79. The Hall–Kier alpha value is -2.73. The molecule has 0 saturated carbocycles. The molecule has 0 aliphatic rings. The van der Waals surface area contributed by atoms with Gasteiger partial charge in [0, 0.05) is 52.1 Å². The Labute approximate surface area is 174 Å². The van der Waals surface area contributed by atoms with E-state index in [1.807, 2.05) is 21.0 Å². The maximum Gasteiger partial charge on any atom is 0.191 e. The lowest BCUT2D eigenvalue weighted by Gasteiger charge is -2.16. The van der Waals surface area contributed by atoms with Crippen LogP contribution in [0.1, 0.15) is 23.6 Å². The van der Waals surface area contributed by atoms with Crippen molar-refractivity contribution in [1.29, 1.82) is 0 Å². The first-order valence-electron chi connectivity index (χ1n) is 10.0. The van der Waals surface area contributed by atoms with E-state index in [1.165, 1.54) is 16.8 Å². The second-order valence-corrected chi connectivity index (χ2v) is 7.00. The molecule has 0 unspecified atom stereocenters. The van der Waals surface area contributed by atoms with Gasteiger partial charge in [-0.3, -0.25) is 4.99 Å². The SMILES string of the molecule is CCOCCOc1cc(C)ccc1CNC(=NC)NCc1ccc(N(C)C)cc1. The molecule has 0 radical (unpaired) electrons. The maximum atomic E-state index is 5.92. The third-order valence-corrected chi connectivity index (χ3v) is 4.49. The first-order chi connectivity index (χ1) is 14.0. The van der Waals surface area contributed by atoms with Gasteiger partial charge in [0.25, 0.3) is 0 Å². The Morgan fingerprint density at radius 2 is 1.72 bits per heavy atom. The minimum absolute atomic E-state index is 0.542. The van der Waals surface area contributed by atoms with E-state index in [9.17, 15) is 0 Å². The number of nitrogens with zero attached hydrogens (tertiary/aromatic N) is 2. The van der Waals surface area contributed by atoms with Crippen molar-refractivity contribution in [3.63, 3.8) is 0 Å². The normalized spacial score (nSPS) is 11.3. The Bertz CT molecular complexity index is 773. The fourth-order valence-electron chi connectivity index (χ4n) is 2.79. The number of hydrogen-bond donors (Lipinski definition) is 2. The molecule has 2 aromatic rings. The van der Waals surface area contributed by atoms with Gasteiger partial charge in [0.1, 0.15) is 12.4 Å². The average Bonchev–Trinajstić information content (AvgIpc) is 2.72. The van der Waals surface area contributed by atoms with Crippen LogP contribution in [-0.4, -0.2) is 46.9 Å². The molecule has 6 heteroatoms. The van der Waals surface area contributed by atoms with Gasteiger partial charge >= 0.3 is 0 Å². The van der Waals surface area contributed by atoms with Gasteiger partial charge in [0.15, 0.2) is 5.96 Å². The highest BCUT2D eigenvalue weighted by Gasteiger charge is 2.06.